The van der Waals surface area contributed by atoms with Crippen molar-refractivity contribution in [3.05, 3.63) is 11.1 Å². The predicted molar refractivity (Wildman–Crippen MR) is 181 cm³/mol. The third-order valence-corrected chi connectivity index (χ3v) is 13.4. The van der Waals surface area contributed by atoms with Gasteiger partial charge in [-0.3, -0.25) is 19.7 Å². The van der Waals surface area contributed by atoms with Crippen LogP contribution in [0.15, 0.2) is 10.5 Å². The van der Waals surface area contributed by atoms with Crippen molar-refractivity contribution in [3.63, 3.8) is 0 Å². The number of thiazole rings is 1. The summed E-state index contributed by atoms with van der Waals surface area (Å²) in [6, 6.07) is -1.95. The van der Waals surface area contributed by atoms with E-state index in [-0.39, 0.29) is 22.5 Å². The minimum Gasteiger partial charge on any atom is -0.457 e. The molecular formula is C30H48N6O11SSi. The van der Waals surface area contributed by atoms with Gasteiger partial charge in [0.25, 0.3) is 5.91 Å². The van der Waals surface area contributed by atoms with E-state index in [1.165, 1.54) is 12.3 Å². The van der Waals surface area contributed by atoms with Crippen LogP contribution >= 0.6 is 11.3 Å². The number of hydrogen-bond donors (Lipinski definition) is 3. The zero-order valence-corrected chi connectivity index (χ0v) is 31.9. The number of oxime groups is 1. The molecule has 0 spiro atoms. The molecule has 0 bridgehead atoms. The second-order valence-electron chi connectivity index (χ2n) is 14.6. The Labute approximate surface area is 290 Å². The zero-order chi connectivity index (χ0) is 37.5. The Morgan fingerprint density at radius 1 is 1.06 bits per heavy atom. The maximum absolute atomic E-state index is 13.8. The second kappa shape index (κ2) is 16.0. The van der Waals surface area contributed by atoms with Crippen LogP contribution in [0, 0.1) is 0 Å². The number of esters is 1. The molecule has 0 aliphatic carbocycles. The quantitative estimate of drug-likeness (QED) is 0.0389. The number of nitrogens with one attached hydrogen (secondary N) is 3. The van der Waals surface area contributed by atoms with Crippen LogP contribution in [0.4, 0.5) is 14.7 Å². The molecule has 2 heterocycles. The first-order valence-electron chi connectivity index (χ1n) is 15.4. The lowest BCUT2D eigenvalue weighted by Crippen LogP contribution is -2.80. The highest BCUT2D eigenvalue weighted by Gasteiger charge is 2.58. The van der Waals surface area contributed by atoms with E-state index in [9.17, 15) is 28.8 Å². The molecule has 1 saturated heterocycles. The number of carbonyl (C=O) groups is 6. The molecule has 2 rings (SSSR count). The van der Waals surface area contributed by atoms with Gasteiger partial charge >= 0.3 is 18.2 Å². The van der Waals surface area contributed by atoms with Crippen LogP contribution in [-0.2, 0) is 43.0 Å². The third kappa shape index (κ3) is 12.0. The normalized spacial score (nSPS) is 17.6. The molecule has 1 unspecified atom stereocenters. The fraction of sp³-hybridized carbons (Fsp3) is 0.667. The van der Waals surface area contributed by atoms with E-state index < -0.39 is 80.1 Å². The minimum atomic E-state index is -2.56. The predicted octanol–water partition coefficient (Wildman–Crippen LogP) is 3.50. The molecule has 274 valence electrons. The van der Waals surface area contributed by atoms with Gasteiger partial charge in [-0.15, -0.1) is 11.3 Å². The fourth-order valence-corrected chi connectivity index (χ4v) is 7.30. The average molecular weight is 729 g/mol. The number of amides is 4. The number of ether oxygens (including phenoxy) is 4. The zero-order valence-electron chi connectivity index (χ0n) is 30.0. The van der Waals surface area contributed by atoms with Gasteiger partial charge in [-0.25, -0.2) is 19.4 Å². The van der Waals surface area contributed by atoms with Crippen LogP contribution in [0.1, 0.15) is 74.9 Å². The summed E-state index contributed by atoms with van der Waals surface area (Å²) < 4.78 is 22.4. The summed E-state index contributed by atoms with van der Waals surface area (Å²) >= 11 is 0.964. The second-order valence-corrected chi connectivity index (χ2v) is 20.6. The molecule has 17 nitrogen and oxygen atoms in total. The summed E-state index contributed by atoms with van der Waals surface area (Å²) in [5.41, 5.74) is -2.03. The molecule has 3 atom stereocenters. The van der Waals surface area contributed by atoms with Crippen molar-refractivity contribution in [2.75, 3.05) is 18.5 Å². The van der Waals surface area contributed by atoms with Crippen LogP contribution in [0.2, 0.25) is 18.1 Å². The lowest BCUT2D eigenvalue weighted by molar-refractivity contribution is -0.160. The van der Waals surface area contributed by atoms with Gasteiger partial charge in [-0.2, -0.15) is 0 Å². The van der Waals surface area contributed by atoms with E-state index in [2.05, 4.69) is 26.1 Å². The maximum atomic E-state index is 13.8. The highest BCUT2D eigenvalue weighted by Crippen LogP contribution is 2.43. The van der Waals surface area contributed by atoms with Gasteiger partial charge in [-0.1, -0.05) is 39.0 Å². The number of hydrogen-bond acceptors (Lipinski definition) is 14. The van der Waals surface area contributed by atoms with Gasteiger partial charge in [0.2, 0.25) is 18.9 Å². The summed E-state index contributed by atoms with van der Waals surface area (Å²) in [4.78, 5) is 84.4. The summed E-state index contributed by atoms with van der Waals surface area (Å²) in [5.74, 6) is -2.05. The Morgan fingerprint density at radius 3 is 2.22 bits per heavy atom. The van der Waals surface area contributed by atoms with E-state index >= 15 is 0 Å². The average Bonchev–Trinajstić information content (AvgIpc) is 3.36. The first-order chi connectivity index (χ1) is 22.4. The molecule has 1 aliphatic rings. The van der Waals surface area contributed by atoms with Crippen LogP contribution in [0.5, 0.6) is 0 Å². The van der Waals surface area contributed by atoms with E-state index in [1.54, 1.807) is 46.1 Å². The molecule has 0 aromatic carbocycles. The highest BCUT2D eigenvalue weighted by atomic mass is 32.1. The Hall–Kier alpha value is -4.26. The first kappa shape index (κ1) is 40.9. The summed E-state index contributed by atoms with van der Waals surface area (Å²) in [6.45, 7) is 20.5. The number of anilines is 1. The van der Waals surface area contributed by atoms with Crippen molar-refractivity contribution < 1.29 is 52.6 Å². The molecule has 1 aromatic heterocycles. The van der Waals surface area contributed by atoms with Gasteiger partial charge in [0.05, 0.1) is 6.04 Å². The van der Waals surface area contributed by atoms with E-state index in [1.807, 2.05) is 33.9 Å². The fourth-order valence-electron chi connectivity index (χ4n) is 4.15. The minimum absolute atomic E-state index is 0.0428. The van der Waals surface area contributed by atoms with Crippen LogP contribution in [-0.4, -0.2) is 103 Å². The van der Waals surface area contributed by atoms with E-state index in [4.69, 9.17) is 23.8 Å². The van der Waals surface area contributed by atoms with Crippen molar-refractivity contribution in [1.29, 1.82) is 0 Å². The van der Waals surface area contributed by atoms with Gasteiger partial charge in [0.15, 0.2) is 25.3 Å². The van der Waals surface area contributed by atoms with Crippen molar-refractivity contribution in [3.8, 4) is 0 Å². The Bertz CT molecular complexity index is 1430. The SMILES string of the molecule is CC(NC=O)OC(=O)OC[C@H]1[C@@H](NC(=O)C(=NOCC(=O)OC(C)(C)C)c2csc(NC(=O)OC(C)(C)C)n2)C(=O)N1[Si](C)(C)C(C)(C)C. The van der Waals surface area contributed by atoms with Gasteiger partial charge < -0.3 is 39.0 Å². The molecule has 49 heavy (non-hydrogen) atoms. The molecule has 1 aliphatic heterocycles. The third-order valence-electron chi connectivity index (χ3n) is 7.22. The van der Waals surface area contributed by atoms with Crippen molar-refractivity contribution in [2.45, 2.75) is 117 Å². The molecule has 3 N–H and O–H groups in total. The van der Waals surface area contributed by atoms with E-state index in [0.717, 1.165) is 11.3 Å². The smallest absolute Gasteiger partial charge is 0.457 e. The molecule has 19 heteroatoms. The van der Waals surface area contributed by atoms with Crippen LogP contribution in [0.25, 0.3) is 0 Å². The molecular weight excluding hydrogens is 681 g/mol. The Kier molecular flexibility index (Phi) is 13.3. The molecule has 1 fully saturated rings. The van der Waals surface area contributed by atoms with Crippen LogP contribution < -0.4 is 16.0 Å². The lowest BCUT2D eigenvalue weighted by Gasteiger charge is -2.57. The summed E-state index contributed by atoms with van der Waals surface area (Å²) in [7, 11) is -2.56. The van der Waals surface area contributed by atoms with Crippen molar-refractivity contribution in [2.24, 2.45) is 5.16 Å². The molecule has 1 aromatic rings. The number of nitrogens with zero attached hydrogens (tertiary/aromatic N) is 3. The number of β-lactam (4-membered cyclic amide) rings is 1. The number of carbonyl (C=O) groups excluding carboxylic acids is 6. The van der Waals surface area contributed by atoms with Crippen molar-refractivity contribution >= 4 is 66.9 Å². The maximum Gasteiger partial charge on any atom is 0.510 e. The van der Waals surface area contributed by atoms with Gasteiger partial charge in [-0.05, 0) is 53.5 Å². The molecule has 0 saturated carbocycles. The Morgan fingerprint density at radius 2 is 1.67 bits per heavy atom. The molecule has 0 radical (unpaired) electrons. The number of rotatable bonds is 13. The van der Waals surface area contributed by atoms with Crippen molar-refractivity contribution in [1.82, 2.24) is 20.2 Å². The summed E-state index contributed by atoms with van der Waals surface area (Å²) in [5, 5.41) is 12.4. The lowest BCUT2D eigenvalue weighted by atomic mass is 9.99. The van der Waals surface area contributed by atoms with Gasteiger partial charge in [0.1, 0.15) is 29.5 Å². The van der Waals surface area contributed by atoms with Gasteiger partial charge in [0, 0.05) is 5.38 Å². The summed E-state index contributed by atoms with van der Waals surface area (Å²) in [6.07, 6.45) is -2.47. The first-order valence-corrected chi connectivity index (χ1v) is 19.2. The highest BCUT2D eigenvalue weighted by molar-refractivity contribution is 7.14. The molecule has 4 amide bonds. The largest absolute Gasteiger partial charge is 0.510 e. The monoisotopic (exact) mass is 728 g/mol. The Balaban J connectivity index is 2.38. The number of aromatic nitrogens is 1. The van der Waals surface area contributed by atoms with E-state index in [0.29, 0.717) is 6.41 Å². The topological polar surface area (TPSA) is 213 Å². The standard InChI is InChI=1S/C30H48N6O11SSi/c1-17(31-16-37)45-27(42)43-13-19-22(24(40)36(19)49(11,12)30(8,9)10)33-23(39)21(35-44-14-20(38)46-28(2,3)4)18-15-48-25(32-18)34-26(41)47-29(5,6)7/h15-17,19,22H,13-14H2,1-12H3,(H,31,37)(H,33,39)(H,32,34,41)/t17?,19-,22+/m0/s1. The van der Waals surface area contributed by atoms with Crippen LogP contribution in [0.3, 0.4) is 0 Å².